The van der Waals surface area contributed by atoms with Gasteiger partial charge in [-0.1, -0.05) is 0 Å². The normalized spacial score (nSPS) is 13.9. The Bertz CT molecular complexity index is 1350. The minimum atomic E-state index is -0.943. The number of rotatable bonds is 4. The van der Waals surface area contributed by atoms with Crippen molar-refractivity contribution in [1.82, 2.24) is 14.5 Å². The molecule has 1 N–H and O–H groups in total. The topological polar surface area (TPSA) is 84.7 Å². The van der Waals surface area contributed by atoms with Gasteiger partial charge in [-0.15, -0.1) is 11.3 Å². The summed E-state index contributed by atoms with van der Waals surface area (Å²) >= 11 is 1.39. The van der Waals surface area contributed by atoms with Crippen molar-refractivity contribution in [2.24, 2.45) is 7.05 Å². The second kappa shape index (κ2) is 7.39. The summed E-state index contributed by atoms with van der Waals surface area (Å²) in [5.41, 5.74) is 2.51. The van der Waals surface area contributed by atoms with Crippen LogP contribution in [-0.4, -0.2) is 44.5 Å². The van der Waals surface area contributed by atoms with Gasteiger partial charge in [0.2, 0.25) is 0 Å². The van der Waals surface area contributed by atoms with Crippen molar-refractivity contribution in [2.75, 3.05) is 13.1 Å². The Labute approximate surface area is 182 Å². The summed E-state index contributed by atoms with van der Waals surface area (Å²) in [5, 5.41) is 10.2. The highest BCUT2D eigenvalue weighted by Crippen LogP contribution is 2.37. The number of nitrogens with zero attached hydrogens (tertiary/aromatic N) is 3. The molecule has 7 nitrogen and oxygen atoms in total. The number of hydrogen-bond donors (Lipinski definition) is 1. The lowest BCUT2D eigenvalue weighted by molar-refractivity contribution is 0.0697. The van der Waals surface area contributed by atoms with Gasteiger partial charge in [-0.25, -0.2) is 4.79 Å². The molecule has 0 saturated carbocycles. The third kappa shape index (κ3) is 3.23. The minimum Gasteiger partial charge on any atom is -0.478 e. The molecule has 4 aromatic rings. The van der Waals surface area contributed by atoms with Crippen LogP contribution < -0.4 is 4.74 Å². The Kier molecular flexibility index (Phi) is 4.66. The second-order valence-corrected chi connectivity index (χ2v) is 8.79. The Morgan fingerprint density at radius 2 is 1.94 bits per heavy atom. The number of thiophene rings is 1. The van der Waals surface area contributed by atoms with Gasteiger partial charge in [-0.3, -0.25) is 9.78 Å². The molecule has 4 heterocycles. The van der Waals surface area contributed by atoms with Crippen LogP contribution in [0, 0.1) is 6.92 Å². The highest BCUT2D eigenvalue weighted by molar-refractivity contribution is 7.21. The summed E-state index contributed by atoms with van der Waals surface area (Å²) in [6.45, 7) is 3.40. The van der Waals surface area contributed by atoms with Crippen LogP contribution in [-0.2, 0) is 7.05 Å². The lowest BCUT2D eigenvalue weighted by atomic mass is 10.1. The number of aryl methyl sites for hydroxylation is 1. The van der Waals surface area contributed by atoms with Crippen molar-refractivity contribution in [3.05, 3.63) is 52.7 Å². The van der Waals surface area contributed by atoms with Gasteiger partial charge >= 0.3 is 5.97 Å². The summed E-state index contributed by atoms with van der Waals surface area (Å²) in [6, 6.07) is 8.99. The lowest BCUT2D eigenvalue weighted by Crippen LogP contribution is -2.26. The first-order chi connectivity index (χ1) is 14.9. The van der Waals surface area contributed by atoms with Crippen molar-refractivity contribution in [1.29, 1.82) is 0 Å². The molecule has 5 rings (SSSR count). The first-order valence-electron chi connectivity index (χ1n) is 10.1. The molecule has 1 fully saturated rings. The van der Waals surface area contributed by atoms with Crippen LogP contribution in [0.1, 0.15) is 38.6 Å². The van der Waals surface area contributed by atoms with E-state index in [1.165, 1.54) is 11.3 Å². The number of hydrogen-bond acceptors (Lipinski definition) is 5. The SMILES string of the molecule is Cc1c(C(=O)O)c2ccc(Oc3ccnc4cc(C(=O)N5CCCC5)sc34)cc2n1C. The van der Waals surface area contributed by atoms with Crippen LogP contribution >= 0.6 is 11.3 Å². The maximum Gasteiger partial charge on any atom is 0.338 e. The Morgan fingerprint density at radius 1 is 1.16 bits per heavy atom. The van der Waals surface area contributed by atoms with E-state index in [1.54, 1.807) is 31.3 Å². The highest BCUT2D eigenvalue weighted by atomic mass is 32.1. The zero-order valence-electron chi connectivity index (χ0n) is 17.2. The molecular weight excluding hydrogens is 414 g/mol. The molecule has 1 aromatic carbocycles. The zero-order valence-corrected chi connectivity index (χ0v) is 18.0. The van der Waals surface area contributed by atoms with E-state index in [-0.39, 0.29) is 5.91 Å². The van der Waals surface area contributed by atoms with Gasteiger partial charge in [0.1, 0.15) is 11.5 Å². The van der Waals surface area contributed by atoms with E-state index in [1.807, 2.05) is 28.6 Å². The molecule has 31 heavy (non-hydrogen) atoms. The highest BCUT2D eigenvalue weighted by Gasteiger charge is 2.23. The molecule has 158 valence electrons. The number of carbonyl (C=O) groups is 2. The van der Waals surface area contributed by atoms with Gasteiger partial charge in [-0.05, 0) is 38.0 Å². The summed E-state index contributed by atoms with van der Waals surface area (Å²) in [6.07, 6.45) is 3.77. The van der Waals surface area contributed by atoms with Crippen molar-refractivity contribution < 1.29 is 19.4 Å². The van der Waals surface area contributed by atoms with Gasteiger partial charge in [0.15, 0.2) is 0 Å². The summed E-state index contributed by atoms with van der Waals surface area (Å²) in [4.78, 5) is 31.4. The van der Waals surface area contributed by atoms with Crippen LogP contribution in [0.15, 0.2) is 36.5 Å². The van der Waals surface area contributed by atoms with Crippen LogP contribution in [0.25, 0.3) is 21.1 Å². The fourth-order valence-corrected chi connectivity index (χ4v) is 5.21. The van der Waals surface area contributed by atoms with Gasteiger partial charge < -0.3 is 19.3 Å². The number of aromatic carboxylic acids is 1. The van der Waals surface area contributed by atoms with Gasteiger partial charge in [-0.2, -0.15) is 0 Å². The Morgan fingerprint density at radius 3 is 2.68 bits per heavy atom. The van der Waals surface area contributed by atoms with E-state index in [4.69, 9.17) is 4.74 Å². The van der Waals surface area contributed by atoms with E-state index in [0.717, 1.165) is 41.7 Å². The van der Waals surface area contributed by atoms with E-state index in [2.05, 4.69) is 4.98 Å². The number of aromatic nitrogens is 2. The van der Waals surface area contributed by atoms with Gasteiger partial charge in [0, 0.05) is 49.5 Å². The van der Waals surface area contributed by atoms with Crippen LogP contribution in [0.5, 0.6) is 11.5 Å². The summed E-state index contributed by atoms with van der Waals surface area (Å²) < 4.78 is 8.84. The molecule has 0 unspecified atom stereocenters. The number of benzene rings is 1. The summed E-state index contributed by atoms with van der Waals surface area (Å²) in [7, 11) is 1.84. The maximum absolute atomic E-state index is 12.8. The molecule has 0 aliphatic carbocycles. The first-order valence-corrected chi connectivity index (χ1v) is 10.9. The monoisotopic (exact) mass is 435 g/mol. The molecule has 0 atom stereocenters. The Balaban J connectivity index is 1.51. The van der Waals surface area contributed by atoms with E-state index < -0.39 is 5.97 Å². The van der Waals surface area contributed by atoms with Crippen LogP contribution in [0.4, 0.5) is 0 Å². The number of likely N-dealkylation sites (tertiary alicyclic amines) is 1. The molecule has 0 bridgehead atoms. The molecule has 1 saturated heterocycles. The molecule has 8 heteroatoms. The van der Waals surface area contributed by atoms with Crippen LogP contribution in [0.3, 0.4) is 0 Å². The van der Waals surface area contributed by atoms with Gasteiger partial charge in [0.05, 0.1) is 26.2 Å². The average molecular weight is 436 g/mol. The number of carboxylic acids is 1. The number of ether oxygens (including phenoxy) is 1. The molecule has 0 radical (unpaired) electrons. The van der Waals surface area contributed by atoms with Crippen LogP contribution in [0.2, 0.25) is 0 Å². The number of carbonyl (C=O) groups excluding carboxylic acids is 1. The smallest absolute Gasteiger partial charge is 0.338 e. The molecular formula is C23H21N3O4S. The fourth-order valence-electron chi connectivity index (χ4n) is 4.18. The third-order valence-electron chi connectivity index (χ3n) is 5.89. The first kappa shape index (κ1) is 19.6. The Hall–Kier alpha value is -3.39. The standard InChI is InChI=1S/C23H21N3O4S/c1-13-20(23(28)29)15-6-5-14(11-17(15)25(13)2)30-18-7-8-24-16-12-19(31-21(16)18)22(27)26-9-3-4-10-26/h5-8,11-12H,3-4,9-10H2,1-2H3,(H,28,29). The van der Waals surface area contributed by atoms with Crippen molar-refractivity contribution in [3.8, 4) is 11.5 Å². The lowest BCUT2D eigenvalue weighted by Gasteiger charge is -2.13. The largest absolute Gasteiger partial charge is 0.478 e. The second-order valence-electron chi connectivity index (χ2n) is 7.74. The number of fused-ring (bicyclic) bond motifs is 2. The van der Waals surface area contributed by atoms with Crippen molar-refractivity contribution in [2.45, 2.75) is 19.8 Å². The fraction of sp³-hybridized carbons (Fsp3) is 0.261. The zero-order chi connectivity index (χ0) is 21.7. The van der Waals surface area contributed by atoms with Gasteiger partial charge in [0.25, 0.3) is 5.91 Å². The number of amides is 1. The molecule has 3 aromatic heterocycles. The van der Waals surface area contributed by atoms with Crippen molar-refractivity contribution >= 4 is 44.3 Å². The van der Waals surface area contributed by atoms with E-state index >= 15 is 0 Å². The molecule has 0 spiro atoms. The predicted molar refractivity (Wildman–Crippen MR) is 119 cm³/mol. The number of carboxylic acid groups (broad SMARTS) is 1. The predicted octanol–water partition coefficient (Wildman–Crippen LogP) is 4.82. The molecule has 1 amide bonds. The summed E-state index contributed by atoms with van der Waals surface area (Å²) in [5.74, 6) is 0.326. The van der Waals surface area contributed by atoms with E-state index in [0.29, 0.717) is 33.0 Å². The number of pyridine rings is 1. The average Bonchev–Trinajstić information content (AvgIpc) is 3.48. The third-order valence-corrected chi connectivity index (χ3v) is 7.01. The van der Waals surface area contributed by atoms with E-state index in [9.17, 15) is 14.7 Å². The van der Waals surface area contributed by atoms with Crippen molar-refractivity contribution in [3.63, 3.8) is 0 Å². The molecule has 1 aliphatic rings. The quantitative estimate of drug-likeness (QED) is 0.497. The maximum atomic E-state index is 12.8. The molecule has 1 aliphatic heterocycles. The minimum absolute atomic E-state index is 0.0494.